The van der Waals surface area contributed by atoms with Gasteiger partial charge in [-0.15, -0.1) is 0 Å². The number of likely N-dealkylation sites (tertiary alicyclic amines) is 1. The van der Waals surface area contributed by atoms with Gasteiger partial charge >= 0.3 is 0 Å². The monoisotopic (exact) mass is 239 g/mol. The Kier molecular flexibility index (Phi) is 4.46. The van der Waals surface area contributed by atoms with Crippen molar-refractivity contribution in [3.8, 4) is 0 Å². The van der Waals surface area contributed by atoms with Crippen molar-refractivity contribution in [2.45, 2.75) is 39.5 Å². The molecule has 1 fully saturated rings. The fourth-order valence-corrected chi connectivity index (χ4v) is 2.09. The molecule has 0 bridgehead atoms. The summed E-state index contributed by atoms with van der Waals surface area (Å²) >= 11 is 0. The van der Waals surface area contributed by atoms with Crippen molar-refractivity contribution in [3.05, 3.63) is 12.2 Å². The van der Waals surface area contributed by atoms with Crippen molar-refractivity contribution in [3.63, 3.8) is 0 Å². The van der Waals surface area contributed by atoms with Gasteiger partial charge in [0, 0.05) is 24.1 Å². The van der Waals surface area contributed by atoms with Crippen LogP contribution in [0.15, 0.2) is 12.2 Å². The summed E-state index contributed by atoms with van der Waals surface area (Å²) in [6.07, 6.45) is 2.71. The van der Waals surface area contributed by atoms with Gasteiger partial charge in [0.1, 0.15) is 0 Å². The number of carbonyl (C=O) groups excluding carboxylic acids is 2. The summed E-state index contributed by atoms with van der Waals surface area (Å²) in [7, 11) is 0. The van der Waals surface area contributed by atoms with Crippen molar-refractivity contribution in [2.24, 2.45) is 5.41 Å². The minimum absolute atomic E-state index is 0.112. The van der Waals surface area contributed by atoms with E-state index in [9.17, 15) is 9.59 Å². The molecule has 1 saturated heterocycles. The fourth-order valence-electron chi connectivity index (χ4n) is 2.09. The summed E-state index contributed by atoms with van der Waals surface area (Å²) in [6.45, 7) is 8.00. The Bertz CT molecular complexity index is 334. The molecule has 1 N–H and O–H groups in total. The number of rotatable bonds is 5. The fraction of sp³-hybridized carbons (Fsp3) is 0.692. The minimum Gasteiger partial charge on any atom is -0.396 e. The molecule has 4 nitrogen and oxygen atoms in total. The average Bonchev–Trinajstić information content (AvgIpc) is 2.25. The van der Waals surface area contributed by atoms with Crippen LogP contribution in [0.5, 0.6) is 0 Å². The summed E-state index contributed by atoms with van der Waals surface area (Å²) < 4.78 is 0. The number of hydrogen-bond acceptors (Lipinski definition) is 3. The van der Waals surface area contributed by atoms with Crippen molar-refractivity contribution in [1.82, 2.24) is 4.90 Å². The Balaban J connectivity index is 2.64. The molecule has 0 saturated carbocycles. The number of piperidine rings is 1. The molecule has 0 aromatic rings. The minimum atomic E-state index is -0.526. The zero-order valence-electron chi connectivity index (χ0n) is 10.7. The molecule has 0 radical (unpaired) electrons. The second-order valence-electron chi connectivity index (χ2n) is 5.21. The van der Waals surface area contributed by atoms with Crippen molar-refractivity contribution < 1.29 is 14.7 Å². The molecule has 4 heteroatoms. The SMILES string of the molecule is C=C1CC(C)(C)C(=O)N(CCCCCO)C1=O. The topological polar surface area (TPSA) is 57.6 Å². The highest BCUT2D eigenvalue weighted by atomic mass is 16.3. The number of aliphatic hydroxyl groups excluding tert-OH is 1. The highest BCUT2D eigenvalue weighted by Crippen LogP contribution is 2.33. The van der Waals surface area contributed by atoms with E-state index in [1.165, 1.54) is 4.90 Å². The summed E-state index contributed by atoms with van der Waals surface area (Å²) in [6, 6.07) is 0. The van der Waals surface area contributed by atoms with Gasteiger partial charge in [0.15, 0.2) is 0 Å². The van der Waals surface area contributed by atoms with Crippen LogP contribution in [0.4, 0.5) is 0 Å². The predicted octanol–water partition coefficient (Wildman–Crippen LogP) is 1.49. The smallest absolute Gasteiger partial charge is 0.255 e. The van der Waals surface area contributed by atoms with E-state index < -0.39 is 5.41 Å². The molecular formula is C13H21NO3. The molecule has 1 aliphatic rings. The van der Waals surface area contributed by atoms with Gasteiger partial charge in [-0.25, -0.2) is 0 Å². The lowest BCUT2D eigenvalue weighted by Crippen LogP contribution is -2.50. The van der Waals surface area contributed by atoms with Crippen LogP contribution >= 0.6 is 0 Å². The number of unbranched alkanes of at least 4 members (excludes halogenated alkanes) is 2. The number of imide groups is 1. The van der Waals surface area contributed by atoms with E-state index in [1.54, 1.807) is 0 Å². The number of nitrogens with zero attached hydrogens (tertiary/aromatic N) is 1. The first kappa shape index (κ1) is 13.9. The molecule has 2 amide bonds. The molecule has 0 aromatic carbocycles. The van der Waals surface area contributed by atoms with E-state index >= 15 is 0 Å². The van der Waals surface area contributed by atoms with E-state index in [1.807, 2.05) is 13.8 Å². The van der Waals surface area contributed by atoms with Crippen molar-refractivity contribution in [1.29, 1.82) is 0 Å². The van der Waals surface area contributed by atoms with Gasteiger partial charge in [-0.2, -0.15) is 0 Å². The number of hydrogen-bond donors (Lipinski definition) is 1. The molecule has 1 rings (SSSR count). The Morgan fingerprint density at radius 3 is 2.53 bits per heavy atom. The number of aliphatic hydroxyl groups is 1. The van der Waals surface area contributed by atoms with Gasteiger partial charge < -0.3 is 5.11 Å². The van der Waals surface area contributed by atoms with E-state index in [2.05, 4.69) is 6.58 Å². The first-order valence-corrected chi connectivity index (χ1v) is 6.05. The maximum absolute atomic E-state index is 12.1. The number of carbonyl (C=O) groups is 2. The van der Waals surface area contributed by atoms with Crippen LogP contribution in [-0.4, -0.2) is 35.0 Å². The lowest BCUT2D eigenvalue weighted by atomic mass is 9.80. The molecule has 0 aromatic heterocycles. The predicted molar refractivity (Wildman–Crippen MR) is 65.2 cm³/mol. The maximum Gasteiger partial charge on any atom is 0.255 e. The summed E-state index contributed by atoms with van der Waals surface area (Å²) in [5.41, 5.74) is -0.0149. The molecular weight excluding hydrogens is 218 g/mol. The van der Waals surface area contributed by atoms with Crippen LogP contribution in [0.2, 0.25) is 0 Å². The van der Waals surface area contributed by atoms with E-state index in [0.29, 0.717) is 25.0 Å². The largest absolute Gasteiger partial charge is 0.396 e. The average molecular weight is 239 g/mol. The summed E-state index contributed by atoms with van der Waals surface area (Å²) in [5, 5.41) is 8.67. The highest BCUT2D eigenvalue weighted by molar-refractivity contribution is 6.08. The van der Waals surface area contributed by atoms with Crippen LogP contribution in [-0.2, 0) is 9.59 Å². The molecule has 1 aliphatic heterocycles. The summed E-state index contributed by atoms with van der Waals surface area (Å²) in [5.74, 6) is -0.350. The molecule has 0 spiro atoms. The second kappa shape index (κ2) is 5.45. The van der Waals surface area contributed by atoms with E-state index in [4.69, 9.17) is 5.11 Å². The third-order valence-corrected chi connectivity index (χ3v) is 3.07. The van der Waals surface area contributed by atoms with Crippen molar-refractivity contribution >= 4 is 11.8 Å². The van der Waals surface area contributed by atoms with Gasteiger partial charge in [0.2, 0.25) is 5.91 Å². The Labute approximate surface area is 102 Å². The zero-order chi connectivity index (χ0) is 13.1. The Morgan fingerprint density at radius 2 is 1.94 bits per heavy atom. The van der Waals surface area contributed by atoms with Crippen LogP contribution < -0.4 is 0 Å². The van der Waals surface area contributed by atoms with Gasteiger partial charge in [-0.3, -0.25) is 14.5 Å². The molecule has 0 aliphatic carbocycles. The normalized spacial score (nSPS) is 19.9. The Hall–Kier alpha value is -1.16. The van der Waals surface area contributed by atoms with Crippen LogP contribution in [0.25, 0.3) is 0 Å². The molecule has 96 valence electrons. The van der Waals surface area contributed by atoms with Gasteiger partial charge in [0.25, 0.3) is 5.91 Å². The van der Waals surface area contributed by atoms with Crippen LogP contribution in [0.1, 0.15) is 39.5 Å². The first-order valence-electron chi connectivity index (χ1n) is 6.05. The molecule has 1 heterocycles. The van der Waals surface area contributed by atoms with Crippen molar-refractivity contribution in [2.75, 3.05) is 13.2 Å². The van der Waals surface area contributed by atoms with Gasteiger partial charge in [-0.05, 0) is 25.7 Å². The maximum atomic E-state index is 12.1. The molecule has 0 unspecified atom stereocenters. The third-order valence-electron chi connectivity index (χ3n) is 3.07. The van der Waals surface area contributed by atoms with Gasteiger partial charge in [0.05, 0.1) is 0 Å². The molecule has 17 heavy (non-hydrogen) atoms. The summed E-state index contributed by atoms with van der Waals surface area (Å²) in [4.78, 5) is 25.2. The first-order chi connectivity index (χ1) is 7.90. The van der Waals surface area contributed by atoms with Crippen LogP contribution in [0, 0.1) is 5.41 Å². The third kappa shape index (κ3) is 3.16. The lowest BCUT2D eigenvalue weighted by molar-refractivity contribution is -0.152. The zero-order valence-corrected chi connectivity index (χ0v) is 10.7. The second-order valence-corrected chi connectivity index (χ2v) is 5.21. The Morgan fingerprint density at radius 1 is 1.29 bits per heavy atom. The standard InChI is InChI=1S/C13H21NO3/c1-10-9-13(2,3)12(17)14(11(10)16)7-5-4-6-8-15/h15H,1,4-9H2,2-3H3. The highest BCUT2D eigenvalue weighted by Gasteiger charge is 2.41. The van der Waals surface area contributed by atoms with E-state index in [0.717, 1.165) is 12.8 Å². The van der Waals surface area contributed by atoms with Gasteiger partial charge in [-0.1, -0.05) is 20.4 Å². The molecule has 0 atom stereocenters. The van der Waals surface area contributed by atoms with E-state index in [-0.39, 0.29) is 18.4 Å². The lowest BCUT2D eigenvalue weighted by Gasteiger charge is -2.36. The quantitative estimate of drug-likeness (QED) is 0.449. The van der Waals surface area contributed by atoms with Crippen LogP contribution in [0.3, 0.4) is 0 Å². The number of amides is 2.